The molecule has 1 heterocycles. The Hall–Kier alpha value is -3.35. The summed E-state index contributed by atoms with van der Waals surface area (Å²) in [5, 5.41) is 30.5. The van der Waals surface area contributed by atoms with Crippen molar-refractivity contribution in [3.05, 3.63) is 40.6 Å². The zero-order valence-electron chi connectivity index (χ0n) is 16.0. The minimum Gasteiger partial charge on any atom is -0.504 e. The molecule has 1 aromatic heterocycles. The van der Waals surface area contributed by atoms with Crippen molar-refractivity contribution in [3.63, 3.8) is 0 Å². The summed E-state index contributed by atoms with van der Waals surface area (Å²) < 4.78 is 16.7. The first-order valence-corrected chi connectivity index (χ1v) is 8.87. The van der Waals surface area contributed by atoms with Gasteiger partial charge in [-0.15, -0.1) is 0 Å². The lowest BCUT2D eigenvalue weighted by atomic mass is 10.1. The third-order valence-corrected chi connectivity index (χ3v) is 3.92. The quantitative estimate of drug-likeness (QED) is 0.446. The molecule has 0 unspecified atom stereocenters. The molecular formula is C21H22O7. The second-order valence-electron chi connectivity index (χ2n) is 6.91. The number of hydrogen-bond donors (Lipinski definition) is 3. The molecule has 0 aliphatic rings. The lowest BCUT2D eigenvalue weighted by Gasteiger charge is -2.15. The van der Waals surface area contributed by atoms with E-state index in [1.807, 2.05) is 13.8 Å². The summed E-state index contributed by atoms with van der Waals surface area (Å²) in [5.74, 6) is -1.47. The summed E-state index contributed by atoms with van der Waals surface area (Å²) in [6.45, 7) is 7.20. The molecule has 28 heavy (non-hydrogen) atoms. The van der Waals surface area contributed by atoms with Gasteiger partial charge in [-0.3, -0.25) is 4.79 Å². The Morgan fingerprint density at radius 1 is 0.857 bits per heavy atom. The van der Waals surface area contributed by atoms with Gasteiger partial charge in [0.05, 0.1) is 12.2 Å². The predicted molar refractivity (Wildman–Crippen MR) is 104 cm³/mol. The molecule has 148 valence electrons. The summed E-state index contributed by atoms with van der Waals surface area (Å²) >= 11 is 0. The second-order valence-corrected chi connectivity index (χ2v) is 6.91. The standard InChI is InChI=1S/C21H22O7/c1-10(2)26-13-7-5-12(6-8-13)15-9-14(22)16-17(23)18(24)21(27-11(3)4)19(25)20(16)28-15/h5-11,23-25H,1-4H3. The zero-order valence-corrected chi connectivity index (χ0v) is 16.0. The summed E-state index contributed by atoms with van der Waals surface area (Å²) in [4.78, 5) is 12.5. The van der Waals surface area contributed by atoms with Crippen LogP contribution in [0, 0.1) is 0 Å². The highest BCUT2D eigenvalue weighted by atomic mass is 16.5. The van der Waals surface area contributed by atoms with Crippen LogP contribution < -0.4 is 14.9 Å². The lowest BCUT2D eigenvalue weighted by Crippen LogP contribution is -2.07. The Balaban J connectivity index is 2.17. The van der Waals surface area contributed by atoms with Crippen molar-refractivity contribution >= 4 is 11.0 Å². The molecule has 0 atom stereocenters. The Labute approximate surface area is 161 Å². The number of rotatable bonds is 5. The van der Waals surface area contributed by atoms with Crippen LogP contribution in [-0.2, 0) is 0 Å². The monoisotopic (exact) mass is 386 g/mol. The fourth-order valence-electron chi connectivity index (χ4n) is 2.79. The van der Waals surface area contributed by atoms with Crippen LogP contribution in [0.15, 0.2) is 39.5 Å². The molecule has 2 aromatic carbocycles. The van der Waals surface area contributed by atoms with Crippen LogP contribution in [0.5, 0.6) is 28.7 Å². The Kier molecular flexibility index (Phi) is 5.09. The number of hydrogen-bond acceptors (Lipinski definition) is 7. The van der Waals surface area contributed by atoms with E-state index in [9.17, 15) is 20.1 Å². The molecule has 0 aliphatic carbocycles. The van der Waals surface area contributed by atoms with E-state index in [-0.39, 0.29) is 28.6 Å². The van der Waals surface area contributed by atoms with Gasteiger partial charge in [0.15, 0.2) is 16.8 Å². The Bertz CT molecular complexity index is 1060. The summed E-state index contributed by atoms with van der Waals surface area (Å²) in [7, 11) is 0. The van der Waals surface area contributed by atoms with Crippen molar-refractivity contribution in [2.45, 2.75) is 39.9 Å². The van der Waals surface area contributed by atoms with Gasteiger partial charge >= 0.3 is 0 Å². The maximum Gasteiger partial charge on any atom is 0.211 e. The average molecular weight is 386 g/mol. The van der Waals surface area contributed by atoms with E-state index in [4.69, 9.17) is 13.9 Å². The molecule has 7 nitrogen and oxygen atoms in total. The van der Waals surface area contributed by atoms with Crippen molar-refractivity contribution < 1.29 is 29.2 Å². The normalized spacial score (nSPS) is 11.4. The molecule has 0 amide bonds. The van der Waals surface area contributed by atoms with E-state index >= 15 is 0 Å². The van der Waals surface area contributed by atoms with Crippen LogP contribution in [-0.4, -0.2) is 27.5 Å². The van der Waals surface area contributed by atoms with E-state index in [0.717, 1.165) is 0 Å². The van der Waals surface area contributed by atoms with Crippen molar-refractivity contribution in [2.24, 2.45) is 0 Å². The molecule has 0 spiro atoms. The second kappa shape index (κ2) is 7.34. The highest BCUT2D eigenvalue weighted by Gasteiger charge is 2.25. The first-order valence-electron chi connectivity index (χ1n) is 8.87. The van der Waals surface area contributed by atoms with Gasteiger partial charge in [-0.2, -0.15) is 0 Å². The van der Waals surface area contributed by atoms with Crippen LogP contribution in [0.3, 0.4) is 0 Å². The maximum absolute atomic E-state index is 12.5. The van der Waals surface area contributed by atoms with Crippen molar-refractivity contribution in [1.82, 2.24) is 0 Å². The van der Waals surface area contributed by atoms with E-state index in [2.05, 4.69) is 0 Å². The van der Waals surface area contributed by atoms with E-state index in [0.29, 0.717) is 11.3 Å². The summed E-state index contributed by atoms with van der Waals surface area (Å²) in [6, 6.07) is 8.08. The van der Waals surface area contributed by atoms with Crippen LogP contribution in [0.4, 0.5) is 0 Å². The van der Waals surface area contributed by atoms with Crippen LogP contribution in [0.25, 0.3) is 22.3 Å². The van der Waals surface area contributed by atoms with Gasteiger partial charge in [0.1, 0.15) is 16.9 Å². The molecule has 0 fully saturated rings. The minimum atomic E-state index is -0.714. The van der Waals surface area contributed by atoms with E-state index in [1.54, 1.807) is 38.1 Å². The molecule has 0 saturated carbocycles. The van der Waals surface area contributed by atoms with Crippen LogP contribution in [0.1, 0.15) is 27.7 Å². The predicted octanol–water partition coefficient (Wildman–Crippen LogP) is 4.15. The van der Waals surface area contributed by atoms with Gasteiger partial charge in [0, 0.05) is 11.6 Å². The molecular weight excluding hydrogens is 364 g/mol. The van der Waals surface area contributed by atoms with Gasteiger partial charge in [-0.25, -0.2) is 0 Å². The summed E-state index contributed by atoms with van der Waals surface area (Å²) in [5.41, 5.74) is -0.303. The highest BCUT2D eigenvalue weighted by Crippen LogP contribution is 2.49. The Morgan fingerprint density at radius 3 is 2.04 bits per heavy atom. The lowest BCUT2D eigenvalue weighted by molar-refractivity contribution is 0.219. The molecule has 3 N–H and O–H groups in total. The van der Waals surface area contributed by atoms with Crippen molar-refractivity contribution in [3.8, 4) is 40.1 Å². The van der Waals surface area contributed by atoms with Gasteiger partial charge in [0.25, 0.3) is 0 Å². The number of phenols is 3. The minimum absolute atomic E-state index is 0.0245. The highest BCUT2D eigenvalue weighted by molar-refractivity contribution is 5.94. The first kappa shape index (κ1) is 19.4. The van der Waals surface area contributed by atoms with Gasteiger partial charge < -0.3 is 29.2 Å². The number of fused-ring (bicyclic) bond motifs is 1. The number of ether oxygens (including phenoxy) is 2. The van der Waals surface area contributed by atoms with Gasteiger partial charge in [-0.1, -0.05) is 0 Å². The third-order valence-electron chi connectivity index (χ3n) is 3.92. The van der Waals surface area contributed by atoms with Crippen molar-refractivity contribution in [1.29, 1.82) is 0 Å². The van der Waals surface area contributed by atoms with Crippen LogP contribution in [0.2, 0.25) is 0 Å². The fraction of sp³-hybridized carbons (Fsp3) is 0.286. The topological polar surface area (TPSA) is 109 Å². The number of benzene rings is 2. The molecule has 7 heteroatoms. The molecule has 0 bridgehead atoms. The fourth-order valence-corrected chi connectivity index (χ4v) is 2.79. The number of aromatic hydroxyl groups is 3. The van der Waals surface area contributed by atoms with Gasteiger partial charge in [-0.05, 0) is 52.0 Å². The average Bonchev–Trinajstić information content (AvgIpc) is 2.62. The van der Waals surface area contributed by atoms with Crippen LogP contribution >= 0.6 is 0 Å². The SMILES string of the molecule is CC(C)Oc1ccc(-c2cc(=O)c3c(O)c(O)c(OC(C)C)c(O)c3o2)cc1. The van der Waals surface area contributed by atoms with Crippen molar-refractivity contribution in [2.75, 3.05) is 0 Å². The Morgan fingerprint density at radius 2 is 1.46 bits per heavy atom. The van der Waals surface area contributed by atoms with Gasteiger partial charge in [0.2, 0.25) is 17.2 Å². The largest absolute Gasteiger partial charge is 0.504 e. The molecule has 3 rings (SSSR count). The number of phenolic OH excluding ortho intramolecular Hbond substituents is 3. The zero-order chi connectivity index (χ0) is 20.6. The molecule has 0 aliphatic heterocycles. The molecule has 0 radical (unpaired) electrons. The third kappa shape index (κ3) is 3.55. The smallest absolute Gasteiger partial charge is 0.211 e. The van der Waals surface area contributed by atoms with E-state index in [1.165, 1.54) is 6.07 Å². The molecule has 3 aromatic rings. The first-order chi connectivity index (χ1) is 13.2. The maximum atomic E-state index is 12.5. The molecule has 0 saturated heterocycles. The van der Waals surface area contributed by atoms with E-state index < -0.39 is 28.8 Å². The summed E-state index contributed by atoms with van der Waals surface area (Å²) in [6.07, 6.45) is -0.367.